The summed E-state index contributed by atoms with van der Waals surface area (Å²) in [6.45, 7) is 6.43. The zero-order chi connectivity index (χ0) is 14.1. The topological polar surface area (TPSA) is 17.0 Å². The van der Waals surface area contributed by atoms with Crippen LogP contribution in [0.3, 0.4) is 0 Å². The summed E-state index contributed by atoms with van der Waals surface area (Å²) in [6.07, 6.45) is 2.38. The first kappa shape index (κ1) is 13.4. The van der Waals surface area contributed by atoms with Crippen molar-refractivity contribution in [2.75, 3.05) is 13.1 Å². The minimum Gasteiger partial charge on any atom is -0.318 e. The molecule has 0 bridgehead atoms. The number of halogens is 1. The summed E-state index contributed by atoms with van der Waals surface area (Å²) in [5.41, 5.74) is 4.77. The molecule has 3 rings (SSSR count). The Morgan fingerprint density at radius 1 is 1.15 bits per heavy atom. The van der Waals surface area contributed by atoms with Crippen molar-refractivity contribution in [3.05, 3.63) is 53.1 Å². The Morgan fingerprint density at radius 2 is 1.90 bits per heavy atom. The van der Waals surface area contributed by atoms with Crippen LogP contribution in [0.5, 0.6) is 0 Å². The molecule has 1 N–H and O–H groups in total. The number of aromatic nitrogens is 1. The van der Waals surface area contributed by atoms with Crippen LogP contribution in [0.4, 0.5) is 4.39 Å². The van der Waals surface area contributed by atoms with Crippen LogP contribution in [0.2, 0.25) is 0 Å². The van der Waals surface area contributed by atoms with Crippen LogP contribution in [-0.4, -0.2) is 17.7 Å². The van der Waals surface area contributed by atoms with Crippen molar-refractivity contribution in [2.45, 2.75) is 32.6 Å². The molecule has 0 spiro atoms. The first-order valence-corrected chi connectivity index (χ1v) is 7.32. The summed E-state index contributed by atoms with van der Waals surface area (Å²) in [6, 6.07) is 9.11. The van der Waals surface area contributed by atoms with Gasteiger partial charge in [0.05, 0.1) is 0 Å². The number of hydrogen-bond acceptors (Lipinski definition) is 1. The minimum atomic E-state index is -0.182. The Bertz CT molecular complexity index is 609. The fourth-order valence-corrected chi connectivity index (χ4v) is 3.35. The molecule has 0 aliphatic carbocycles. The molecule has 3 heteroatoms. The van der Waals surface area contributed by atoms with Crippen molar-refractivity contribution in [1.29, 1.82) is 0 Å². The molecule has 1 saturated heterocycles. The van der Waals surface area contributed by atoms with Gasteiger partial charge in [0.25, 0.3) is 0 Å². The molecule has 1 fully saturated rings. The maximum absolute atomic E-state index is 13.5. The van der Waals surface area contributed by atoms with Crippen LogP contribution in [0.1, 0.15) is 35.7 Å². The average molecular weight is 272 g/mol. The van der Waals surface area contributed by atoms with E-state index in [2.05, 4.69) is 29.8 Å². The summed E-state index contributed by atoms with van der Waals surface area (Å²) < 4.78 is 15.6. The van der Waals surface area contributed by atoms with Gasteiger partial charge in [0, 0.05) is 17.1 Å². The van der Waals surface area contributed by atoms with Crippen LogP contribution in [0.25, 0.3) is 5.69 Å². The van der Waals surface area contributed by atoms with Crippen LogP contribution in [-0.2, 0) is 0 Å². The van der Waals surface area contributed by atoms with Crippen LogP contribution < -0.4 is 5.32 Å². The fourth-order valence-electron chi connectivity index (χ4n) is 3.35. The summed E-state index contributed by atoms with van der Waals surface area (Å²) in [7, 11) is 0. The molecule has 2 heterocycles. The molecule has 0 atom stereocenters. The summed E-state index contributed by atoms with van der Waals surface area (Å²) in [4.78, 5) is 0. The van der Waals surface area contributed by atoms with E-state index in [-0.39, 0.29) is 5.82 Å². The average Bonchev–Trinajstić information content (AvgIpc) is 2.75. The molecular formula is C17H21FN2. The lowest BCUT2D eigenvalue weighted by atomic mass is 9.90. The lowest BCUT2D eigenvalue weighted by Gasteiger charge is -2.23. The molecular weight excluding hydrogens is 251 g/mol. The second-order valence-electron chi connectivity index (χ2n) is 5.67. The predicted octanol–water partition coefficient (Wildman–Crippen LogP) is 3.70. The zero-order valence-electron chi connectivity index (χ0n) is 12.1. The number of piperidine rings is 1. The quantitative estimate of drug-likeness (QED) is 0.882. The molecule has 0 amide bonds. The number of nitrogens with one attached hydrogen (secondary N) is 1. The second-order valence-corrected chi connectivity index (χ2v) is 5.67. The van der Waals surface area contributed by atoms with Gasteiger partial charge in [0.1, 0.15) is 5.82 Å². The third-order valence-electron chi connectivity index (χ3n) is 4.32. The third kappa shape index (κ3) is 2.38. The highest BCUT2D eigenvalue weighted by Gasteiger charge is 2.21. The van der Waals surface area contributed by atoms with E-state index in [0.717, 1.165) is 18.8 Å². The maximum Gasteiger partial charge on any atom is 0.125 e. The second kappa shape index (κ2) is 5.41. The van der Waals surface area contributed by atoms with E-state index in [1.54, 1.807) is 12.1 Å². The van der Waals surface area contributed by atoms with E-state index in [4.69, 9.17) is 0 Å². The molecule has 1 aromatic heterocycles. The van der Waals surface area contributed by atoms with Crippen molar-refractivity contribution in [1.82, 2.24) is 9.88 Å². The van der Waals surface area contributed by atoms with Gasteiger partial charge in [-0.05, 0) is 75.5 Å². The number of hydrogen-bond donors (Lipinski definition) is 1. The molecule has 0 saturated carbocycles. The largest absolute Gasteiger partial charge is 0.318 e. The Balaban J connectivity index is 2.02. The molecule has 106 valence electrons. The van der Waals surface area contributed by atoms with Crippen LogP contribution in [0, 0.1) is 19.7 Å². The van der Waals surface area contributed by atoms with Crippen molar-refractivity contribution in [2.24, 2.45) is 0 Å². The normalized spacial score (nSPS) is 16.6. The van der Waals surface area contributed by atoms with E-state index < -0.39 is 0 Å². The highest BCUT2D eigenvalue weighted by Crippen LogP contribution is 2.31. The molecule has 1 aliphatic rings. The molecule has 1 aliphatic heterocycles. The molecule has 0 radical (unpaired) electrons. The molecule has 2 nitrogen and oxygen atoms in total. The van der Waals surface area contributed by atoms with Gasteiger partial charge in [0.2, 0.25) is 0 Å². The van der Waals surface area contributed by atoms with Crippen LogP contribution in [0.15, 0.2) is 30.3 Å². The smallest absolute Gasteiger partial charge is 0.125 e. The highest BCUT2D eigenvalue weighted by atomic mass is 19.1. The Kier molecular flexibility index (Phi) is 3.62. The number of aryl methyl sites for hydroxylation is 1. The van der Waals surface area contributed by atoms with Gasteiger partial charge < -0.3 is 9.88 Å². The molecule has 2 aromatic rings. The minimum absolute atomic E-state index is 0.182. The van der Waals surface area contributed by atoms with E-state index in [1.165, 1.54) is 35.9 Å². The Hall–Kier alpha value is -1.61. The summed E-state index contributed by atoms with van der Waals surface area (Å²) in [5.74, 6) is 0.447. The van der Waals surface area contributed by atoms with Crippen molar-refractivity contribution in [3.63, 3.8) is 0 Å². The van der Waals surface area contributed by atoms with Gasteiger partial charge >= 0.3 is 0 Å². The Morgan fingerprint density at radius 3 is 2.60 bits per heavy atom. The first-order chi connectivity index (χ1) is 9.66. The van der Waals surface area contributed by atoms with Crippen molar-refractivity contribution >= 4 is 0 Å². The third-order valence-corrected chi connectivity index (χ3v) is 4.32. The lowest BCUT2D eigenvalue weighted by Crippen LogP contribution is -2.26. The molecule has 1 aromatic carbocycles. The molecule has 0 unspecified atom stereocenters. The monoisotopic (exact) mass is 272 g/mol. The van der Waals surface area contributed by atoms with Crippen molar-refractivity contribution < 1.29 is 4.39 Å². The summed E-state index contributed by atoms with van der Waals surface area (Å²) in [5, 5.41) is 3.41. The van der Waals surface area contributed by atoms with E-state index in [0.29, 0.717) is 5.92 Å². The first-order valence-electron chi connectivity index (χ1n) is 7.32. The highest BCUT2D eigenvalue weighted by molar-refractivity contribution is 5.42. The van der Waals surface area contributed by atoms with E-state index in [1.807, 2.05) is 6.07 Å². The van der Waals surface area contributed by atoms with Gasteiger partial charge in [-0.15, -0.1) is 0 Å². The van der Waals surface area contributed by atoms with Gasteiger partial charge in [-0.25, -0.2) is 4.39 Å². The zero-order valence-corrected chi connectivity index (χ0v) is 12.1. The number of benzene rings is 1. The van der Waals surface area contributed by atoms with Gasteiger partial charge in [-0.2, -0.15) is 0 Å². The number of rotatable bonds is 2. The lowest BCUT2D eigenvalue weighted by molar-refractivity contribution is 0.459. The van der Waals surface area contributed by atoms with Gasteiger partial charge in [0.15, 0.2) is 0 Å². The summed E-state index contributed by atoms with van der Waals surface area (Å²) >= 11 is 0. The fraction of sp³-hybridized carbons (Fsp3) is 0.412. The standard InChI is InChI=1S/C17H21FN2/c1-12-10-17(14-6-8-19-9-7-14)13(2)20(12)16-5-3-4-15(18)11-16/h3-5,10-11,14,19H,6-9H2,1-2H3. The maximum atomic E-state index is 13.5. The molecule has 20 heavy (non-hydrogen) atoms. The Labute approximate surface area is 119 Å². The van der Waals surface area contributed by atoms with E-state index in [9.17, 15) is 4.39 Å². The van der Waals surface area contributed by atoms with Crippen LogP contribution >= 0.6 is 0 Å². The SMILES string of the molecule is Cc1cc(C2CCNCC2)c(C)n1-c1cccc(F)c1. The van der Waals surface area contributed by atoms with E-state index >= 15 is 0 Å². The van der Waals surface area contributed by atoms with Gasteiger partial charge in [-0.1, -0.05) is 6.07 Å². The predicted molar refractivity (Wildman–Crippen MR) is 80.0 cm³/mol. The van der Waals surface area contributed by atoms with Gasteiger partial charge in [-0.3, -0.25) is 0 Å². The number of nitrogens with zero attached hydrogens (tertiary/aromatic N) is 1. The van der Waals surface area contributed by atoms with Crippen molar-refractivity contribution in [3.8, 4) is 5.69 Å².